The molecule has 318 valence electrons. The summed E-state index contributed by atoms with van der Waals surface area (Å²) >= 11 is 0. The molecule has 0 amide bonds. The third-order valence-electron chi connectivity index (χ3n) is 13.3. The van der Waals surface area contributed by atoms with E-state index in [9.17, 15) is 0 Å². The quantitative estimate of drug-likeness (QED) is 0.173. The van der Waals surface area contributed by atoms with Gasteiger partial charge in [-0.3, -0.25) is 0 Å². The van der Waals surface area contributed by atoms with Crippen molar-refractivity contribution in [2.45, 2.75) is 41.0 Å². The highest BCUT2D eigenvalue weighted by molar-refractivity contribution is 6.28. The monoisotopic (exact) mass is 850 g/mol. The van der Waals surface area contributed by atoms with Crippen molar-refractivity contribution >= 4 is 70.7 Å². The molecule has 0 radical (unpaired) electrons. The first-order valence-electron chi connectivity index (χ1n) is 23.2. The lowest BCUT2D eigenvalue weighted by Crippen LogP contribution is -1.97. The summed E-state index contributed by atoms with van der Waals surface area (Å²) in [6.07, 6.45) is 1.15. The molecule has 0 aliphatic rings. The van der Waals surface area contributed by atoms with E-state index in [-0.39, 0.29) is 0 Å². The zero-order chi connectivity index (χ0) is 44.9. The van der Waals surface area contributed by atoms with Crippen molar-refractivity contribution in [1.29, 1.82) is 0 Å². The predicted octanol–water partition coefficient (Wildman–Crippen LogP) is 16.8. The third-order valence-corrected chi connectivity index (χ3v) is 13.3. The number of benzene rings is 9. The lowest BCUT2D eigenvalue weighted by atomic mass is 10.0. The number of para-hydroxylation sites is 3. The van der Waals surface area contributed by atoms with Crippen LogP contribution in [0.1, 0.15) is 37.5 Å². The van der Waals surface area contributed by atoms with Gasteiger partial charge in [-0.15, -0.1) is 0 Å². The van der Waals surface area contributed by atoms with Crippen molar-refractivity contribution < 1.29 is 0 Å². The lowest BCUT2D eigenvalue weighted by Gasteiger charge is -2.11. The molecule has 0 fully saturated rings. The Hall–Kier alpha value is -8.08. The molecule has 0 unspecified atom stereocenters. The van der Waals surface area contributed by atoms with Gasteiger partial charge >= 0.3 is 0 Å². The molecule has 0 spiro atoms. The normalized spacial score (nSPS) is 11.5. The fourth-order valence-electron chi connectivity index (χ4n) is 10.0. The van der Waals surface area contributed by atoms with Gasteiger partial charge in [-0.05, 0) is 96.3 Å². The number of fused-ring (bicyclic) bond motifs is 11. The summed E-state index contributed by atoms with van der Waals surface area (Å²) in [5.41, 5.74) is 16.5. The van der Waals surface area contributed by atoms with Gasteiger partial charge in [-0.25, -0.2) is 9.97 Å². The molecule has 0 N–H and O–H groups in total. The SMILES string of the molecule is CC.CCc1cccc(C)c1C.c1ccc(-c2cc(-c3ccc(-n4c5ccccc5c5c6cc7c(cc6ccc54)c4cccc5c6ccccc6n7c54)cc3)nc(-c3ccccc3)n2)cc1. The van der Waals surface area contributed by atoms with Crippen molar-refractivity contribution in [3.63, 3.8) is 0 Å². The Morgan fingerprint density at radius 2 is 1.02 bits per heavy atom. The van der Waals surface area contributed by atoms with E-state index in [1.54, 1.807) is 0 Å². The van der Waals surface area contributed by atoms with Crippen LogP contribution < -0.4 is 0 Å². The summed E-state index contributed by atoms with van der Waals surface area (Å²) in [6.45, 7) is 10.5. The van der Waals surface area contributed by atoms with E-state index in [1.807, 2.05) is 38.1 Å². The van der Waals surface area contributed by atoms with Gasteiger partial charge in [0.15, 0.2) is 5.82 Å². The molecule has 4 heterocycles. The first-order chi connectivity index (χ1) is 32.5. The molecule has 0 aliphatic heterocycles. The Kier molecular flexibility index (Phi) is 10.4. The second kappa shape index (κ2) is 16.8. The first kappa shape index (κ1) is 40.7. The molecule has 66 heavy (non-hydrogen) atoms. The second-order valence-corrected chi connectivity index (χ2v) is 16.9. The zero-order valence-corrected chi connectivity index (χ0v) is 38.0. The van der Waals surface area contributed by atoms with Crippen molar-refractivity contribution in [3.8, 4) is 39.6 Å². The molecular formula is C62H50N4. The highest BCUT2D eigenvalue weighted by Gasteiger charge is 2.20. The van der Waals surface area contributed by atoms with E-state index >= 15 is 0 Å². The van der Waals surface area contributed by atoms with Crippen LogP contribution in [0, 0.1) is 13.8 Å². The fourth-order valence-corrected chi connectivity index (χ4v) is 10.0. The summed E-state index contributed by atoms with van der Waals surface area (Å²) in [5.74, 6) is 0.716. The van der Waals surface area contributed by atoms with Crippen LogP contribution in [-0.4, -0.2) is 18.9 Å². The Morgan fingerprint density at radius 1 is 0.424 bits per heavy atom. The molecular weight excluding hydrogens is 801 g/mol. The van der Waals surface area contributed by atoms with Crippen LogP contribution in [0.3, 0.4) is 0 Å². The second-order valence-electron chi connectivity index (χ2n) is 16.9. The molecule has 0 saturated heterocycles. The fraction of sp³-hybridized carbons (Fsp3) is 0.0968. The van der Waals surface area contributed by atoms with Gasteiger partial charge in [-0.1, -0.05) is 172 Å². The minimum absolute atomic E-state index is 0.716. The van der Waals surface area contributed by atoms with E-state index in [2.05, 4.69) is 206 Å². The van der Waals surface area contributed by atoms with E-state index in [4.69, 9.17) is 9.97 Å². The number of hydrogen-bond donors (Lipinski definition) is 0. The van der Waals surface area contributed by atoms with Crippen LogP contribution in [-0.2, 0) is 6.42 Å². The van der Waals surface area contributed by atoms with Crippen LogP contribution in [0.2, 0.25) is 0 Å². The molecule has 4 nitrogen and oxygen atoms in total. The first-order valence-corrected chi connectivity index (χ1v) is 23.2. The molecule has 13 aromatic rings. The Bertz CT molecular complexity index is 3820. The number of hydrogen-bond acceptors (Lipinski definition) is 2. The van der Waals surface area contributed by atoms with Crippen LogP contribution in [0.15, 0.2) is 200 Å². The van der Waals surface area contributed by atoms with Gasteiger partial charge in [0.25, 0.3) is 0 Å². The van der Waals surface area contributed by atoms with Gasteiger partial charge in [0.05, 0.1) is 39.0 Å². The largest absolute Gasteiger partial charge is 0.309 e. The summed E-state index contributed by atoms with van der Waals surface area (Å²) in [6, 6.07) is 71.7. The van der Waals surface area contributed by atoms with Crippen LogP contribution in [0.25, 0.3) is 110 Å². The van der Waals surface area contributed by atoms with E-state index in [1.165, 1.54) is 87.4 Å². The summed E-state index contributed by atoms with van der Waals surface area (Å²) in [7, 11) is 0. The summed E-state index contributed by atoms with van der Waals surface area (Å²) in [5, 5.41) is 10.2. The Labute approximate surface area is 385 Å². The number of aromatic nitrogens is 4. The van der Waals surface area contributed by atoms with Gasteiger partial charge in [0.2, 0.25) is 0 Å². The van der Waals surface area contributed by atoms with Crippen molar-refractivity contribution in [2.75, 3.05) is 0 Å². The van der Waals surface area contributed by atoms with Gasteiger partial charge < -0.3 is 8.97 Å². The van der Waals surface area contributed by atoms with Gasteiger partial charge in [0, 0.05) is 54.7 Å². The number of nitrogens with zero attached hydrogens (tertiary/aromatic N) is 4. The average molecular weight is 851 g/mol. The topological polar surface area (TPSA) is 35.1 Å². The average Bonchev–Trinajstić information content (AvgIpc) is 4.03. The molecule has 4 heteroatoms. The molecule has 0 atom stereocenters. The maximum atomic E-state index is 5.08. The zero-order valence-electron chi connectivity index (χ0n) is 38.0. The third kappa shape index (κ3) is 6.68. The Balaban J connectivity index is 0.000000355. The van der Waals surface area contributed by atoms with E-state index in [0.717, 1.165) is 40.2 Å². The predicted molar refractivity (Wildman–Crippen MR) is 281 cm³/mol. The minimum Gasteiger partial charge on any atom is -0.309 e. The van der Waals surface area contributed by atoms with Gasteiger partial charge in [0.1, 0.15) is 0 Å². The molecule has 0 saturated carbocycles. The number of rotatable bonds is 5. The molecule has 9 aromatic carbocycles. The van der Waals surface area contributed by atoms with Crippen molar-refractivity contribution in [3.05, 3.63) is 217 Å². The highest BCUT2D eigenvalue weighted by atomic mass is 15.0. The van der Waals surface area contributed by atoms with E-state index < -0.39 is 0 Å². The van der Waals surface area contributed by atoms with Crippen LogP contribution in [0.5, 0.6) is 0 Å². The van der Waals surface area contributed by atoms with Crippen LogP contribution >= 0.6 is 0 Å². The smallest absolute Gasteiger partial charge is 0.160 e. The van der Waals surface area contributed by atoms with Crippen molar-refractivity contribution in [2.24, 2.45) is 0 Å². The van der Waals surface area contributed by atoms with E-state index in [0.29, 0.717) is 5.82 Å². The maximum absolute atomic E-state index is 5.08. The Morgan fingerprint density at radius 3 is 1.71 bits per heavy atom. The molecule has 13 rings (SSSR count). The summed E-state index contributed by atoms with van der Waals surface area (Å²) < 4.78 is 4.88. The lowest BCUT2D eigenvalue weighted by molar-refractivity contribution is 1.09. The molecule has 0 bridgehead atoms. The van der Waals surface area contributed by atoms with Crippen LogP contribution in [0.4, 0.5) is 0 Å². The van der Waals surface area contributed by atoms with Crippen molar-refractivity contribution in [1.82, 2.24) is 18.9 Å². The molecule has 4 aromatic heterocycles. The standard InChI is InChI=1S/C50H30N4.C10H14.C2H6/c1-3-12-31(13-4-1)42-30-43(52-50(51-42)33-14-5-2-6-15-33)32-22-25-35(26-23-32)53-45-21-10-8-17-39(45)48-40-29-47-41(28-34(40)24-27-46(48)53)38-19-11-18-37-36-16-7-9-20-44(36)54(47)49(37)38;1-4-10-7-5-6-8(2)9(10)3;1-2/h1-30H;5-7H,4H2,1-3H3;1-2H3. The highest BCUT2D eigenvalue weighted by Crippen LogP contribution is 2.43. The van der Waals surface area contributed by atoms with Gasteiger partial charge in [-0.2, -0.15) is 0 Å². The molecule has 0 aliphatic carbocycles. The summed E-state index contributed by atoms with van der Waals surface area (Å²) in [4.78, 5) is 10.1. The minimum atomic E-state index is 0.716. The maximum Gasteiger partial charge on any atom is 0.160 e. The number of aryl methyl sites for hydroxylation is 2.